The van der Waals surface area contributed by atoms with Gasteiger partial charge in [0.25, 0.3) is 5.91 Å². The van der Waals surface area contributed by atoms with Crippen molar-refractivity contribution in [1.29, 1.82) is 0 Å². The number of nitrogens with one attached hydrogen (secondary N) is 1. The van der Waals surface area contributed by atoms with Gasteiger partial charge in [-0.1, -0.05) is 66.7 Å². The Kier molecular flexibility index (Phi) is 5.05. The first-order valence-electron chi connectivity index (χ1n) is 9.31. The van der Waals surface area contributed by atoms with Crippen molar-refractivity contribution < 1.29 is 23.5 Å². The molecule has 2 N–H and O–H groups in total. The Morgan fingerprint density at radius 3 is 2.00 bits per heavy atom. The number of rotatable bonds is 5. The number of aliphatic hydroxyl groups is 1. The van der Waals surface area contributed by atoms with E-state index in [-0.39, 0.29) is 5.56 Å². The summed E-state index contributed by atoms with van der Waals surface area (Å²) in [5.74, 6) is -2.33. The number of hydrogen-bond acceptors (Lipinski definition) is 3. The second-order valence-corrected chi connectivity index (χ2v) is 7.01. The minimum absolute atomic E-state index is 0.200. The van der Waals surface area contributed by atoms with Crippen LogP contribution in [0, 0.1) is 11.6 Å². The number of carbonyl (C=O) groups excluding carboxylic acids is 2. The third kappa shape index (κ3) is 3.23. The van der Waals surface area contributed by atoms with Gasteiger partial charge in [0.05, 0.1) is 12.6 Å². The number of benzene rings is 3. The van der Waals surface area contributed by atoms with Crippen molar-refractivity contribution in [3.05, 3.63) is 107 Å². The fourth-order valence-electron chi connectivity index (χ4n) is 3.72. The first-order valence-corrected chi connectivity index (χ1v) is 9.31. The zero-order valence-electron chi connectivity index (χ0n) is 15.8. The monoisotopic (exact) mass is 408 g/mol. The molecule has 1 aliphatic rings. The van der Waals surface area contributed by atoms with Crippen LogP contribution in [-0.4, -0.2) is 28.5 Å². The molecule has 1 unspecified atom stereocenters. The fraction of sp³-hybridized carbons (Fsp3) is 0.130. The molecule has 1 aliphatic heterocycles. The van der Waals surface area contributed by atoms with Crippen LogP contribution in [0.1, 0.15) is 22.8 Å². The maximum atomic E-state index is 14.0. The topological polar surface area (TPSA) is 69.6 Å². The highest BCUT2D eigenvalue weighted by Gasteiger charge is 2.54. The number of urea groups is 1. The predicted molar refractivity (Wildman–Crippen MR) is 105 cm³/mol. The number of imide groups is 1. The number of amides is 3. The zero-order chi connectivity index (χ0) is 21.3. The SMILES string of the molecule is O=C1NC(c2ccccc2)(c2ccccc2)C(=O)N1CC(O)c1ccc(F)cc1F. The van der Waals surface area contributed by atoms with Gasteiger partial charge in [-0.05, 0) is 17.2 Å². The van der Waals surface area contributed by atoms with Crippen LogP contribution in [0.5, 0.6) is 0 Å². The van der Waals surface area contributed by atoms with Crippen molar-refractivity contribution in [2.75, 3.05) is 6.54 Å². The molecule has 1 heterocycles. The number of halogens is 2. The standard InChI is InChI=1S/C23H18F2N2O3/c24-17-11-12-18(19(25)13-17)20(28)14-27-21(29)23(26-22(27)30,15-7-3-1-4-8-15)16-9-5-2-6-10-16/h1-13,20,28H,14H2,(H,26,30). The smallest absolute Gasteiger partial charge is 0.325 e. The number of hydrogen-bond donors (Lipinski definition) is 2. The van der Waals surface area contributed by atoms with E-state index >= 15 is 0 Å². The van der Waals surface area contributed by atoms with Gasteiger partial charge in [-0.15, -0.1) is 0 Å². The molecule has 0 spiro atoms. The molecule has 1 atom stereocenters. The normalized spacial score (nSPS) is 16.4. The quantitative estimate of drug-likeness (QED) is 0.635. The van der Waals surface area contributed by atoms with Gasteiger partial charge >= 0.3 is 6.03 Å². The van der Waals surface area contributed by atoms with Gasteiger partial charge in [0.15, 0.2) is 5.54 Å². The second kappa shape index (κ2) is 7.68. The summed E-state index contributed by atoms with van der Waals surface area (Å²) in [6.45, 7) is -0.478. The van der Waals surface area contributed by atoms with Gasteiger partial charge in [-0.2, -0.15) is 0 Å². The van der Waals surface area contributed by atoms with Crippen LogP contribution in [0.3, 0.4) is 0 Å². The van der Waals surface area contributed by atoms with Crippen LogP contribution in [0.25, 0.3) is 0 Å². The van der Waals surface area contributed by atoms with E-state index in [0.717, 1.165) is 17.0 Å². The molecule has 3 amide bonds. The first-order chi connectivity index (χ1) is 14.4. The van der Waals surface area contributed by atoms with Crippen molar-refractivity contribution in [1.82, 2.24) is 10.2 Å². The van der Waals surface area contributed by atoms with Gasteiger partial charge in [-0.25, -0.2) is 13.6 Å². The highest BCUT2D eigenvalue weighted by atomic mass is 19.1. The minimum atomic E-state index is -1.51. The Morgan fingerprint density at radius 2 is 1.47 bits per heavy atom. The summed E-state index contributed by atoms with van der Waals surface area (Å²) in [6.07, 6.45) is -1.51. The van der Waals surface area contributed by atoms with E-state index in [9.17, 15) is 23.5 Å². The van der Waals surface area contributed by atoms with E-state index in [1.807, 2.05) is 0 Å². The lowest BCUT2D eigenvalue weighted by atomic mass is 9.82. The van der Waals surface area contributed by atoms with E-state index < -0.39 is 41.8 Å². The molecular weight excluding hydrogens is 390 g/mol. The third-order valence-corrected chi connectivity index (χ3v) is 5.20. The molecule has 5 nitrogen and oxygen atoms in total. The van der Waals surface area contributed by atoms with Crippen molar-refractivity contribution in [3.8, 4) is 0 Å². The van der Waals surface area contributed by atoms with Crippen molar-refractivity contribution in [3.63, 3.8) is 0 Å². The molecule has 1 saturated heterocycles. The van der Waals surface area contributed by atoms with Crippen LogP contribution in [-0.2, 0) is 10.3 Å². The highest BCUT2D eigenvalue weighted by Crippen LogP contribution is 2.36. The molecule has 7 heteroatoms. The molecule has 0 saturated carbocycles. The summed E-state index contributed by atoms with van der Waals surface area (Å²) in [7, 11) is 0. The van der Waals surface area contributed by atoms with Crippen molar-refractivity contribution in [2.45, 2.75) is 11.6 Å². The molecule has 0 bridgehead atoms. The average Bonchev–Trinajstić information content (AvgIpc) is 3.00. The zero-order valence-corrected chi connectivity index (χ0v) is 15.8. The van der Waals surface area contributed by atoms with Crippen LogP contribution >= 0.6 is 0 Å². The molecule has 4 rings (SSSR count). The molecule has 30 heavy (non-hydrogen) atoms. The number of β-amino-alcohol motifs (C(OH)–C–C–N with tert-alkyl or cyclic N) is 1. The molecule has 152 valence electrons. The first kappa shape index (κ1) is 19.7. The summed E-state index contributed by atoms with van der Waals surface area (Å²) in [6, 6.07) is 19.5. The summed E-state index contributed by atoms with van der Waals surface area (Å²) < 4.78 is 27.2. The summed E-state index contributed by atoms with van der Waals surface area (Å²) in [5, 5.41) is 13.2. The van der Waals surface area contributed by atoms with Crippen LogP contribution < -0.4 is 5.32 Å². The van der Waals surface area contributed by atoms with Gasteiger partial charge in [0.1, 0.15) is 11.6 Å². The molecular formula is C23H18F2N2O3. The van der Waals surface area contributed by atoms with Crippen LogP contribution in [0.15, 0.2) is 78.9 Å². The van der Waals surface area contributed by atoms with Crippen molar-refractivity contribution >= 4 is 11.9 Å². The Morgan fingerprint density at radius 1 is 0.900 bits per heavy atom. The Labute approximate surface area is 171 Å². The molecule has 0 aliphatic carbocycles. The lowest BCUT2D eigenvalue weighted by Gasteiger charge is -2.28. The predicted octanol–water partition coefficient (Wildman–Crippen LogP) is 3.49. The second-order valence-electron chi connectivity index (χ2n) is 7.01. The van der Waals surface area contributed by atoms with E-state index in [2.05, 4.69) is 5.32 Å². The fourth-order valence-corrected chi connectivity index (χ4v) is 3.72. The van der Waals surface area contributed by atoms with Gasteiger partial charge in [0.2, 0.25) is 0 Å². The number of nitrogens with zero attached hydrogens (tertiary/aromatic N) is 1. The maximum Gasteiger partial charge on any atom is 0.325 e. The average molecular weight is 408 g/mol. The number of aliphatic hydroxyl groups excluding tert-OH is 1. The maximum absolute atomic E-state index is 14.0. The summed E-state index contributed by atoms with van der Waals surface area (Å²) in [5.41, 5.74) is -0.561. The van der Waals surface area contributed by atoms with E-state index in [0.29, 0.717) is 17.2 Å². The summed E-state index contributed by atoms with van der Waals surface area (Å²) >= 11 is 0. The Bertz CT molecular complexity index is 1050. The van der Waals surface area contributed by atoms with E-state index in [1.165, 1.54) is 0 Å². The molecule has 0 aromatic heterocycles. The lowest BCUT2D eigenvalue weighted by molar-refractivity contribution is -0.131. The van der Waals surface area contributed by atoms with Crippen molar-refractivity contribution in [2.24, 2.45) is 0 Å². The summed E-state index contributed by atoms with van der Waals surface area (Å²) in [4.78, 5) is 27.2. The largest absolute Gasteiger partial charge is 0.386 e. The Hall–Kier alpha value is -3.58. The minimum Gasteiger partial charge on any atom is -0.386 e. The van der Waals surface area contributed by atoms with Crippen LogP contribution in [0.2, 0.25) is 0 Å². The highest BCUT2D eigenvalue weighted by molar-refractivity contribution is 6.09. The molecule has 1 fully saturated rings. The third-order valence-electron chi connectivity index (χ3n) is 5.20. The van der Waals surface area contributed by atoms with Gasteiger partial charge in [0, 0.05) is 11.6 Å². The molecule has 0 radical (unpaired) electrons. The molecule has 3 aromatic carbocycles. The number of carbonyl (C=O) groups is 2. The van der Waals surface area contributed by atoms with Gasteiger partial charge in [-0.3, -0.25) is 9.69 Å². The Balaban J connectivity index is 1.72. The molecule has 3 aromatic rings. The van der Waals surface area contributed by atoms with E-state index in [4.69, 9.17) is 0 Å². The van der Waals surface area contributed by atoms with Gasteiger partial charge < -0.3 is 10.4 Å². The van der Waals surface area contributed by atoms with E-state index in [1.54, 1.807) is 60.7 Å². The lowest BCUT2D eigenvalue weighted by Crippen LogP contribution is -2.45. The van der Waals surface area contributed by atoms with Crippen LogP contribution in [0.4, 0.5) is 13.6 Å².